The Bertz CT molecular complexity index is 2370. The molecule has 12 atom stereocenters. The lowest BCUT2D eigenvalue weighted by Gasteiger charge is -2.35. The molecule has 0 bridgehead atoms. The van der Waals surface area contributed by atoms with Gasteiger partial charge < -0.3 is 51.2 Å². The summed E-state index contributed by atoms with van der Waals surface area (Å²) in [6.45, 7) is 12.0. The summed E-state index contributed by atoms with van der Waals surface area (Å²) < 4.78 is 12.7. The van der Waals surface area contributed by atoms with Gasteiger partial charge in [0.25, 0.3) is 0 Å². The van der Waals surface area contributed by atoms with Crippen LogP contribution >= 0.6 is 35.7 Å². The number of nitrogens with zero attached hydrogens (tertiary/aromatic N) is 2. The van der Waals surface area contributed by atoms with Gasteiger partial charge in [0.1, 0.15) is 37.4 Å². The second-order valence-electron chi connectivity index (χ2n) is 21.1. The molecular formula is C54H70N8O7S3. The van der Waals surface area contributed by atoms with Gasteiger partial charge in [-0.05, 0) is 110 Å². The molecule has 8 rings (SSSR count). The lowest BCUT2D eigenvalue weighted by molar-refractivity contribution is -0.144. The number of carbonyl (C=O) groups excluding carboxylic acids is 5. The van der Waals surface area contributed by atoms with Gasteiger partial charge in [0.2, 0.25) is 29.5 Å². The largest absolute Gasteiger partial charge is 0.367 e. The summed E-state index contributed by atoms with van der Waals surface area (Å²) in [5, 5.41) is 18.6. The minimum Gasteiger partial charge on any atom is -0.367 e. The molecule has 386 valence electrons. The molecule has 6 aliphatic rings. The Hall–Kier alpha value is -4.66. The molecule has 2 aliphatic carbocycles. The number of carbonyl (C=O) groups is 5. The molecule has 0 spiro atoms. The second-order valence-corrected chi connectivity index (χ2v) is 24.1. The fraction of sp³-hybridized carbons (Fsp3) is 0.593. The van der Waals surface area contributed by atoms with E-state index in [1.54, 1.807) is 47.3 Å². The number of hydrogen-bond acceptors (Lipinski definition) is 12. The van der Waals surface area contributed by atoms with Gasteiger partial charge in [-0.3, -0.25) is 24.0 Å². The van der Waals surface area contributed by atoms with Crippen LogP contribution < -0.4 is 31.9 Å². The minimum atomic E-state index is -0.748. The first-order chi connectivity index (χ1) is 34.4. The van der Waals surface area contributed by atoms with E-state index in [4.69, 9.17) is 21.7 Å². The maximum Gasteiger partial charge on any atom is 0.246 e. The maximum absolute atomic E-state index is 14.6. The number of nitrogens with one attached hydrogen (secondary N) is 6. The van der Waals surface area contributed by atoms with Gasteiger partial charge in [-0.15, -0.1) is 23.5 Å². The number of amides is 5. The van der Waals surface area contributed by atoms with Crippen LogP contribution in [0.4, 0.5) is 0 Å². The molecule has 2 aromatic carbocycles. The lowest BCUT2D eigenvalue weighted by Crippen LogP contribution is -2.58. The molecule has 5 amide bonds. The Balaban J connectivity index is 0.889. The fourth-order valence-electron chi connectivity index (χ4n) is 11.2. The molecular weight excluding hydrogens is 969 g/mol. The van der Waals surface area contributed by atoms with E-state index in [1.165, 1.54) is 0 Å². The third-order valence-corrected chi connectivity index (χ3v) is 18.3. The number of ether oxygens (including phenoxy) is 2. The van der Waals surface area contributed by atoms with Crippen LogP contribution in [0.2, 0.25) is 0 Å². The fourth-order valence-corrected chi connectivity index (χ4v) is 14.7. The van der Waals surface area contributed by atoms with E-state index in [0.717, 1.165) is 28.0 Å². The number of rotatable bonds is 14. The average Bonchev–Trinajstić information content (AvgIpc) is 3.99. The molecule has 2 aromatic rings. The Morgan fingerprint density at radius 2 is 1.11 bits per heavy atom. The molecule has 18 heteroatoms. The van der Waals surface area contributed by atoms with Gasteiger partial charge in [-0.2, -0.15) is 0 Å². The summed E-state index contributed by atoms with van der Waals surface area (Å²) in [4.78, 5) is 74.5. The number of likely N-dealkylation sites (N-methyl/N-ethyl adjacent to an activating group) is 2. The van der Waals surface area contributed by atoms with Crippen molar-refractivity contribution in [2.75, 3.05) is 38.8 Å². The topological polar surface area (TPSA) is 182 Å². The zero-order chi connectivity index (χ0) is 51.5. The van der Waals surface area contributed by atoms with Crippen molar-refractivity contribution in [2.45, 2.75) is 151 Å². The SMILES string of the molecule is CNC(C)C(=O)N[C@H]1CCS[C@H]2CC(C)(C)[C@@H](C(=O)N[C@H]3c4ccccc4C[C@H]3OCC#CC#CCO[C@@H]3Cc4ccccc4[C@@H]3NC(=O)[C@H]3N4C(=O)[C@@H](NC(=S)C(C)NC)CCS[C@H]4CC3(C)C)N2C1=O. The molecule has 0 aromatic heterocycles. The molecule has 0 radical (unpaired) electrons. The van der Waals surface area contributed by atoms with Crippen LogP contribution in [0, 0.1) is 34.5 Å². The van der Waals surface area contributed by atoms with Gasteiger partial charge in [0.15, 0.2) is 0 Å². The molecule has 15 nitrogen and oxygen atoms in total. The van der Waals surface area contributed by atoms with Crippen molar-refractivity contribution >= 4 is 70.3 Å². The van der Waals surface area contributed by atoms with Crippen LogP contribution in [0.3, 0.4) is 0 Å². The predicted octanol–water partition coefficient (Wildman–Crippen LogP) is 3.76. The number of hydrogen-bond donors (Lipinski definition) is 6. The van der Waals surface area contributed by atoms with Crippen molar-refractivity contribution in [1.29, 1.82) is 0 Å². The molecule has 72 heavy (non-hydrogen) atoms. The summed E-state index contributed by atoms with van der Waals surface area (Å²) in [7, 11) is 3.53. The third-order valence-electron chi connectivity index (χ3n) is 15.3. The van der Waals surface area contributed by atoms with Crippen LogP contribution in [0.1, 0.15) is 102 Å². The Morgan fingerprint density at radius 1 is 0.681 bits per heavy atom. The van der Waals surface area contributed by atoms with Crippen molar-refractivity contribution in [1.82, 2.24) is 41.7 Å². The standard InChI is InChI=1S/C54H70N8O7S3/c1-31(55-7)47(63)57-37-21-25-71-41-29-53(3,4)45(61(41)51(37)66)48(64)59-43-35-19-13-11-17-33(35)27-39(43)68-23-15-9-10-16-24-69-40-28-34-18-12-14-20-36(34)44(40)60-49(65)46-54(5,6)30-42-62(46)52(67)38(22-26-72-42)58-50(70)32(2)56-8/h11-14,17-20,31-32,37-46,55-56H,21-30H2,1-8H3,(H,57,63)(H,58,70)(H,59,64)(H,60,65)/t31?,32?,37-,38-,39+,40+,41-,42-,43-,44-,45+,46+/m0/s1. The first-order valence-electron chi connectivity index (χ1n) is 25.2. The van der Waals surface area contributed by atoms with E-state index in [-0.39, 0.29) is 65.6 Å². The van der Waals surface area contributed by atoms with Crippen molar-refractivity contribution in [3.8, 4) is 23.7 Å². The van der Waals surface area contributed by atoms with Crippen molar-refractivity contribution < 1.29 is 33.4 Å². The molecule has 4 saturated heterocycles. The average molecular weight is 1040 g/mol. The van der Waals surface area contributed by atoms with E-state index in [1.807, 2.05) is 70.3 Å². The van der Waals surface area contributed by atoms with Crippen LogP contribution in [0.25, 0.3) is 0 Å². The molecule has 4 fully saturated rings. The molecule has 0 saturated carbocycles. The van der Waals surface area contributed by atoms with Crippen LogP contribution in [-0.2, 0) is 46.3 Å². The van der Waals surface area contributed by atoms with Crippen LogP contribution in [-0.4, -0.2) is 142 Å². The summed E-state index contributed by atoms with van der Waals surface area (Å²) in [6, 6.07) is 11.8. The highest BCUT2D eigenvalue weighted by Crippen LogP contribution is 2.48. The quantitative estimate of drug-likeness (QED) is 0.119. The highest BCUT2D eigenvalue weighted by Gasteiger charge is 2.57. The number of benzene rings is 2. The first-order valence-corrected chi connectivity index (χ1v) is 27.7. The Labute approximate surface area is 438 Å². The summed E-state index contributed by atoms with van der Waals surface area (Å²) in [6.07, 6.45) is 2.83. The molecule has 4 aliphatic heterocycles. The van der Waals surface area contributed by atoms with E-state index < -0.39 is 59.2 Å². The predicted molar refractivity (Wildman–Crippen MR) is 285 cm³/mol. The Kier molecular flexibility index (Phi) is 17.0. The highest BCUT2D eigenvalue weighted by molar-refractivity contribution is 8.00. The summed E-state index contributed by atoms with van der Waals surface area (Å²) in [5.74, 6) is 12.2. The van der Waals surface area contributed by atoms with E-state index in [2.05, 4.69) is 75.5 Å². The Morgan fingerprint density at radius 3 is 1.56 bits per heavy atom. The van der Waals surface area contributed by atoms with E-state index in [0.29, 0.717) is 49.3 Å². The monoisotopic (exact) mass is 1040 g/mol. The van der Waals surface area contributed by atoms with Crippen molar-refractivity contribution in [3.63, 3.8) is 0 Å². The van der Waals surface area contributed by atoms with Crippen molar-refractivity contribution in [2.24, 2.45) is 10.8 Å². The van der Waals surface area contributed by atoms with Gasteiger partial charge in [-0.25, -0.2) is 0 Å². The first kappa shape index (κ1) is 53.6. The van der Waals surface area contributed by atoms with E-state index in [9.17, 15) is 24.0 Å². The minimum absolute atomic E-state index is 0.0756. The maximum atomic E-state index is 14.6. The van der Waals surface area contributed by atoms with Crippen LogP contribution in [0.15, 0.2) is 48.5 Å². The number of thiocarbonyl (C=S) groups is 1. The zero-order valence-corrected chi connectivity index (χ0v) is 45.0. The van der Waals surface area contributed by atoms with Crippen LogP contribution in [0.5, 0.6) is 0 Å². The molecule has 6 N–H and O–H groups in total. The van der Waals surface area contributed by atoms with Gasteiger partial charge in [-0.1, -0.05) is 100 Å². The van der Waals surface area contributed by atoms with Gasteiger partial charge in [0, 0.05) is 12.8 Å². The van der Waals surface area contributed by atoms with E-state index >= 15 is 0 Å². The number of thioether (sulfide) groups is 2. The normalized spacial score (nSPS) is 29.6. The lowest BCUT2D eigenvalue weighted by atomic mass is 9.83. The van der Waals surface area contributed by atoms with Crippen molar-refractivity contribution in [3.05, 3.63) is 70.8 Å². The zero-order valence-electron chi connectivity index (χ0n) is 42.6. The molecule has 4 heterocycles. The highest BCUT2D eigenvalue weighted by atomic mass is 32.2. The second kappa shape index (κ2) is 22.8. The van der Waals surface area contributed by atoms with Gasteiger partial charge >= 0.3 is 0 Å². The smallest absolute Gasteiger partial charge is 0.246 e. The summed E-state index contributed by atoms with van der Waals surface area (Å²) in [5.41, 5.74) is 3.11. The third kappa shape index (κ3) is 11.4. The number of fused-ring (bicyclic) bond motifs is 4. The molecule has 2 unspecified atom stereocenters. The van der Waals surface area contributed by atoms with Gasteiger partial charge in [0.05, 0.1) is 52.1 Å². The summed E-state index contributed by atoms with van der Waals surface area (Å²) >= 11 is 9.01.